The van der Waals surface area contributed by atoms with Crippen molar-refractivity contribution in [1.82, 2.24) is 0 Å². The fourth-order valence-corrected chi connectivity index (χ4v) is 1.94. The second-order valence-corrected chi connectivity index (χ2v) is 5.00. The molecule has 0 aromatic heterocycles. The van der Waals surface area contributed by atoms with Crippen LogP contribution in [0, 0.1) is 5.41 Å². The molecule has 1 aliphatic rings. The van der Waals surface area contributed by atoms with Crippen molar-refractivity contribution in [1.29, 1.82) is 0 Å². The summed E-state index contributed by atoms with van der Waals surface area (Å²) in [4.78, 5) is 22.7. The lowest BCUT2D eigenvalue weighted by atomic mass is 9.87. The lowest BCUT2D eigenvalue weighted by molar-refractivity contribution is -0.152. The highest BCUT2D eigenvalue weighted by molar-refractivity contribution is 5.72. The Morgan fingerprint density at radius 2 is 1.90 bits per heavy atom. The predicted octanol–water partition coefficient (Wildman–Crippen LogP) is 2.34. The number of esters is 1. The van der Waals surface area contributed by atoms with Gasteiger partial charge in [0.25, 0.3) is 0 Å². The predicted molar refractivity (Wildman–Crippen MR) is 71.1 cm³/mol. The second kappa shape index (κ2) is 6.41. The van der Waals surface area contributed by atoms with Crippen LogP contribution in [-0.4, -0.2) is 31.9 Å². The minimum atomic E-state index is -0.662. The smallest absolute Gasteiger partial charge is 0.465 e. The third kappa shape index (κ3) is 3.73. The summed E-state index contributed by atoms with van der Waals surface area (Å²) >= 11 is 0. The number of ether oxygens (including phenoxy) is 3. The normalized spacial score (nSPS) is 16.9. The molecule has 1 fully saturated rings. The number of hydrogen-bond acceptors (Lipinski definition) is 5. The van der Waals surface area contributed by atoms with E-state index in [1.165, 1.54) is 0 Å². The van der Waals surface area contributed by atoms with E-state index in [1.54, 1.807) is 0 Å². The molecule has 0 radical (unpaired) electrons. The Hall–Kier alpha value is -2.04. The van der Waals surface area contributed by atoms with Crippen molar-refractivity contribution in [3.63, 3.8) is 0 Å². The minimum Gasteiger partial charge on any atom is -0.465 e. The van der Waals surface area contributed by atoms with Crippen molar-refractivity contribution in [3.8, 4) is 0 Å². The monoisotopic (exact) mass is 278 g/mol. The van der Waals surface area contributed by atoms with E-state index in [2.05, 4.69) is 0 Å². The molecule has 20 heavy (non-hydrogen) atoms. The summed E-state index contributed by atoms with van der Waals surface area (Å²) in [6.45, 7) is 2.60. The third-order valence-electron chi connectivity index (χ3n) is 3.47. The van der Waals surface area contributed by atoms with Crippen LogP contribution in [0.25, 0.3) is 0 Å². The van der Waals surface area contributed by atoms with Gasteiger partial charge in [-0.1, -0.05) is 37.3 Å². The number of cyclic esters (lactones) is 2. The van der Waals surface area contributed by atoms with E-state index in [9.17, 15) is 9.59 Å². The first-order valence-electron chi connectivity index (χ1n) is 6.63. The Balaban J connectivity index is 1.84. The summed E-state index contributed by atoms with van der Waals surface area (Å²) in [5.74, 6) is -0.291. The minimum absolute atomic E-state index is 0.197. The van der Waals surface area contributed by atoms with Crippen molar-refractivity contribution < 1.29 is 23.8 Å². The summed E-state index contributed by atoms with van der Waals surface area (Å²) in [5.41, 5.74) is 0.481. The van der Waals surface area contributed by atoms with Crippen molar-refractivity contribution >= 4 is 12.1 Å². The van der Waals surface area contributed by atoms with E-state index in [-0.39, 0.29) is 32.2 Å². The molecule has 1 saturated heterocycles. The largest absolute Gasteiger partial charge is 0.508 e. The Morgan fingerprint density at radius 3 is 2.50 bits per heavy atom. The quantitative estimate of drug-likeness (QED) is 0.774. The summed E-state index contributed by atoms with van der Waals surface area (Å²) in [6, 6.07) is 9.41. The van der Waals surface area contributed by atoms with Crippen LogP contribution in [0.15, 0.2) is 30.3 Å². The molecule has 0 unspecified atom stereocenters. The lowest BCUT2D eigenvalue weighted by Gasteiger charge is -2.34. The molecule has 1 heterocycles. The number of carbonyl (C=O) groups is 2. The molecule has 5 heteroatoms. The summed E-state index contributed by atoms with van der Waals surface area (Å²) in [7, 11) is 0. The van der Waals surface area contributed by atoms with Gasteiger partial charge in [0.1, 0.15) is 19.8 Å². The fraction of sp³-hybridized carbons (Fsp3) is 0.467. The second-order valence-electron chi connectivity index (χ2n) is 5.00. The van der Waals surface area contributed by atoms with Crippen molar-refractivity contribution in [2.24, 2.45) is 5.41 Å². The van der Waals surface area contributed by atoms with Gasteiger partial charge >= 0.3 is 12.1 Å². The van der Waals surface area contributed by atoms with Gasteiger partial charge in [0, 0.05) is 0 Å². The molecule has 1 aliphatic heterocycles. The van der Waals surface area contributed by atoms with Gasteiger partial charge in [-0.05, 0) is 12.0 Å². The third-order valence-corrected chi connectivity index (χ3v) is 3.47. The van der Waals surface area contributed by atoms with Crippen LogP contribution in [0.2, 0.25) is 0 Å². The Bertz CT molecular complexity index is 458. The summed E-state index contributed by atoms with van der Waals surface area (Å²) in [5, 5.41) is 0. The van der Waals surface area contributed by atoms with Gasteiger partial charge in [-0.25, -0.2) is 4.79 Å². The van der Waals surface area contributed by atoms with Gasteiger partial charge in [-0.3, -0.25) is 4.79 Å². The molecule has 0 aliphatic carbocycles. The molecule has 0 bridgehead atoms. The van der Waals surface area contributed by atoms with E-state index in [0.29, 0.717) is 6.42 Å². The average molecular weight is 278 g/mol. The Labute approximate surface area is 117 Å². The van der Waals surface area contributed by atoms with Crippen molar-refractivity contribution in [2.45, 2.75) is 19.8 Å². The van der Waals surface area contributed by atoms with Gasteiger partial charge in [-0.2, -0.15) is 0 Å². The van der Waals surface area contributed by atoms with Gasteiger partial charge in [-0.15, -0.1) is 0 Å². The summed E-state index contributed by atoms with van der Waals surface area (Å²) in [6.07, 6.45) is 0.282. The van der Waals surface area contributed by atoms with Crippen molar-refractivity contribution in [3.05, 3.63) is 35.9 Å². The molecule has 2 rings (SSSR count). The molecule has 0 atom stereocenters. The van der Waals surface area contributed by atoms with Gasteiger partial charge < -0.3 is 14.2 Å². The van der Waals surface area contributed by atoms with Crippen LogP contribution in [0.3, 0.4) is 0 Å². The number of hydrogen-bond donors (Lipinski definition) is 0. The maximum Gasteiger partial charge on any atom is 0.508 e. The maximum absolute atomic E-state index is 11.8. The van der Waals surface area contributed by atoms with E-state index >= 15 is 0 Å². The van der Waals surface area contributed by atoms with Crippen molar-refractivity contribution in [2.75, 3.05) is 19.8 Å². The highest BCUT2D eigenvalue weighted by Crippen LogP contribution is 2.27. The molecule has 0 amide bonds. The summed E-state index contributed by atoms with van der Waals surface area (Å²) < 4.78 is 15.1. The molecule has 0 N–H and O–H groups in total. The molecule has 1 aromatic rings. The SMILES string of the molecule is CCC1(COC(=O)Cc2ccccc2)COC(=O)OC1. The van der Waals surface area contributed by atoms with Crippen LogP contribution >= 0.6 is 0 Å². The average Bonchev–Trinajstić information content (AvgIpc) is 2.48. The van der Waals surface area contributed by atoms with E-state index < -0.39 is 11.6 Å². The van der Waals surface area contributed by atoms with Gasteiger partial charge in [0.15, 0.2) is 0 Å². The molecule has 0 spiro atoms. The lowest BCUT2D eigenvalue weighted by Crippen LogP contribution is -2.43. The zero-order valence-corrected chi connectivity index (χ0v) is 11.5. The van der Waals surface area contributed by atoms with Crippen LogP contribution in [-0.2, 0) is 25.4 Å². The highest BCUT2D eigenvalue weighted by Gasteiger charge is 2.37. The topological polar surface area (TPSA) is 61.8 Å². The maximum atomic E-state index is 11.8. The zero-order chi connectivity index (χ0) is 14.4. The first-order chi connectivity index (χ1) is 9.63. The number of rotatable bonds is 5. The molecule has 0 saturated carbocycles. The van der Waals surface area contributed by atoms with Gasteiger partial charge in [0.2, 0.25) is 0 Å². The molecular weight excluding hydrogens is 260 g/mol. The first-order valence-corrected chi connectivity index (χ1v) is 6.63. The fourth-order valence-electron chi connectivity index (χ4n) is 1.94. The molecule has 1 aromatic carbocycles. The van der Waals surface area contributed by atoms with Crippen LogP contribution in [0.4, 0.5) is 4.79 Å². The van der Waals surface area contributed by atoms with E-state index in [4.69, 9.17) is 14.2 Å². The van der Waals surface area contributed by atoms with Crippen LogP contribution in [0.5, 0.6) is 0 Å². The van der Waals surface area contributed by atoms with Crippen LogP contribution in [0.1, 0.15) is 18.9 Å². The first kappa shape index (κ1) is 14.4. The zero-order valence-electron chi connectivity index (χ0n) is 11.5. The van der Waals surface area contributed by atoms with E-state index in [1.807, 2.05) is 37.3 Å². The Kier molecular flexibility index (Phi) is 4.61. The van der Waals surface area contributed by atoms with E-state index in [0.717, 1.165) is 5.56 Å². The highest BCUT2D eigenvalue weighted by atomic mass is 16.7. The van der Waals surface area contributed by atoms with Gasteiger partial charge in [0.05, 0.1) is 11.8 Å². The molecular formula is C15H18O5. The number of carbonyl (C=O) groups excluding carboxylic acids is 2. The van der Waals surface area contributed by atoms with Crippen LogP contribution < -0.4 is 0 Å². The Morgan fingerprint density at radius 1 is 1.25 bits per heavy atom. The standard InChI is InChI=1S/C15H18O5/c1-2-15(10-19-14(17)20-11-15)9-18-13(16)8-12-6-4-3-5-7-12/h3-7H,2,8-11H2,1H3. The molecule has 5 nitrogen and oxygen atoms in total. The molecule has 108 valence electrons. The number of benzene rings is 1.